The minimum Gasteiger partial charge on any atom is -0.340 e. The first kappa shape index (κ1) is 16.8. The van der Waals surface area contributed by atoms with Gasteiger partial charge in [0.15, 0.2) is 6.19 Å². The topological polar surface area (TPSA) is 82.1 Å². The highest BCUT2D eigenvalue weighted by molar-refractivity contribution is 5.84. The van der Waals surface area contributed by atoms with Crippen LogP contribution in [0.2, 0.25) is 0 Å². The molecule has 0 amide bonds. The summed E-state index contributed by atoms with van der Waals surface area (Å²) in [5, 5.41) is 17.7. The fourth-order valence-corrected chi connectivity index (χ4v) is 4.39. The fraction of sp³-hybridized carbons (Fsp3) is 0.333. The van der Waals surface area contributed by atoms with Crippen LogP contribution in [-0.2, 0) is 12.0 Å². The predicted molar refractivity (Wildman–Crippen MR) is 108 cm³/mol. The molecule has 7 nitrogen and oxygen atoms in total. The molecule has 1 saturated heterocycles. The Morgan fingerprint density at radius 2 is 2.18 bits per heavy atom. The SMILES string of the molecule is CCN=C(NC#N)N1CC2(CCn3nc(-c4cnc5ccccc5c4)cc32)C1. The molecule has 0 radical (unpaired) electrons. The van der Waals surface area contributed by atoms with Crippen LogP contribution in [0.1, 0.15) is 19.0 Å². The summed E-state index contributed by atoms with van der Waals surface area (Å²) in [5.74, 6) is 0.674. The maximum Gasteiger partial charge on any atom is 0.207 e. The molecule has 1 aromatic carbocycles. The fourth-order valence-electron chi connectivity index (χ4n) is 4.39. The van der Waals surface area contributed by atoms with Gasteiger partial charge in [0.1, 0.15) is 0 Å². The number of para-hydroxylation sites is 1. The second-order valence-corrected chi connectivity index (χ2v) is 7.48. The van der Waals surface area contributed by atoms with Crippen LogP contribution in [0.15, 0.2) is 47.6 Å². The van der Waals surface area contributed by atoms with Gasteiger partial charge >= 0.3 is 0 Å². The molecule has 1 fully saturated rings. The number of aliphatic imine (C=N–C) groups is 1. The number of pyridine rings is 1. The van der Waals surface area contributed by atoms with Crippen LogP contribution in [0, 0.1) is 11.5 Å². The van der Waals surface area contributed by atoms with Gasteiger partial charge in [-0.15, -0.1) is 0 Å². The first-order chi connectivity index (χ1) is 13.7. The highest BCUT2D eigenvalue weighted by Crippen LogP contribution is 2.43. The summed E-state index contributed by atoms with van der Waals surface area (Å²) >= 11 is 0. The Kier molecular flexibility index (Phi) is 3.79. The summed E-state index contributed by atoms with van der Waals surface area (Å²) in [4.78, 5) is 11.1. The van der Waals surface area contributed by atoms with Crippen molar-refractivity contribution >= 4 is 16.9 Å². The van der Waals surface area contributed by atoms with E-state index in [1.54, 1.807) is 0 Å². The van der Waals surface area contributed by atoms with Gasteiger partial charge in [-0.2, -0.15) is 10.4 Å². The van der Waals surface area contributed by atoms with Crippen molar-refractivity contribution in [2.75, 3.05) is 19.6 Å². The highest BCUT2D eigenvalue weighted by Gasteiger charge is 2.50. The number of aryl methyl sites for hydroxylation is 1. The average molecular weight is 371 g/mol. The monoisotopic (exact) mass is 371 g/mol. The van der Waals surface area contributed by atoms with E-state index >= 15 is 0 Å². The van der Waals surface area contributed by atoms with Crippen LogP contribution >= 0.6 is 0 Å². The lowest BCUT2D eigenvalue weighted by molar-refractivity contribution is 0.136. The molecule has 0 aliphatic carbocycles. The van der Waals surface area contributed by atoms with E-state index in [2.05, 4.69) is 43.1 Å². The van der Waals surface area contributed by atoms with Crippen molar-refractivity contribution in [3.63, 3.8) is 0 Å². The second-order valence-electron chi connectivity index (χ2n) is 7.48. The zero-order valence-corrected chi connectivity index (χ0v) is 15.8. The predicted octanol–water partition coefficient (Wildman–Crippen LogP) is 2.50. The Hall–Kier alpha value is -3.40. The van der Waals surface area contributed by atoms with Crippen LogP contribution in [0.3, 0.4) is 0 Å². The molecule has 1 N–H and O–H groups in total. The van der Waals surface area contributed by atoms with E-state index in [1.165, 1.54) is 5.69 Å². The molecular weight excluding hydrogens is 350 g/mol. The van der Waals surface area contributed by atoms with E-state index in [9.17, 15) is 0 Å². The zero-order chi connectivity index (χ0) is 19.1. The molecule has 28 heavy (non-hydrogen) atoms. The molecule has 7 heteroatoms. The Morgan fingerprint density at radius 3 is 3.00 bits per heavy atom. The Balaban J connectivity index is 1.42. The number of fused-ring (bicyclic) bond motifs is 3. The van der Waals surface area contributed by atoms with E-state index in [0.717, 1.165) is 48.2 Å². The number of nitriles is 1. The third kappa shape index (κ3) is 2.53. The van der Waals surface area contributed by atoms with Crippen molar-refractivity contribution in [2.24, 2.45) is 4.99 Å². The molecule has 0 saturated carbocycles. The van der Waals surface area contributed by atoms with Crippen molar-refractivity contribution in [2.45, 2.75) is 25.3 Å². The van der Waals surface area contributed by atoms with Crippen LogP contribution in [0.5, 0.6) is 0 Å². The lowest BCUT2D eigenvalue weighted by atomic mass is 9.76. The van der Waals surface area contributed by atoms with E-state index in [-0.39, 0.29) is 5.41 Å². The number of benzene rings is 1. The van der Waals surface area contributed by atoms with E-state index < -0.39 is 0 Å². The number of aromatic nitrogens is 3. The van der Waals surface area contributed by atoms with Crippen LogP contribution in [0.25, 0.3) is 22.2 Å². The normalized spacial score (nSPS) is 17.4. The molecular formula is C21H21N7. The molecule has 2 aliphatic rings. The molecule has 4 heterocycles. The molecule has 1 spiro atoms. The van der Waals surface area contributed by atoms with Gasteiger partial charge in [-0.25, -0.2) is 0 Å². The first-order valence-electron chi connectivity index (χ1n) is 9.60. The molecule has 3 aromatic rings. The number of hydrogen-bond acceptors (Lipinski definition) is 4. The van der Waals surface area contributed by atoms with Gasteiger partial charge < -0.3 is 4.90 Å². The van der Waals surface area contributed by atoms with Gasteiger partial charge in [-0.1, -0.05) is 18.2 Å². The molecule has 2 aliphatic heterocycles. The van der Waals surface area contributed by atoms with Crippen molar-refractivity contribution < 1.29 is 0 Å². The number of guanidine groups is 1. The van der Waals surface area contributed by atoms with Crippen molar-refractivity contribution in [1.29, 1.82) is 5.26 Å². The molecule has 140 valence electrons. The summed E-state index contributed by atoms with van der Waals surface area (Å²) in [6.07, 6.45) is 4.98. The lowest BCUT2D eigenvalue weighted by Crippen LogP contribution is -2.62. The van der Waals surface area contributed by atoms with Crippen LogP contribution < -0.4 is 5.32 Å². The molecule has 2 aromatic heterocycles. The zero-order valence-electron chi connectivity index (χ0n) is 15.8. The molecule has 0 bridgehead atoms. The number of likely N-dealkylation sites (tertiary alicyclic amines) is 1. The van der Waals surface area contributed by atoms with Crippen molar-refractivity contribution in [3.05, 3.63) is 48.3 Å². The number of nitrogens with one attached hydrogen (secondary N) is 1. The molecule has 0 atom stereocenters. The number of hydrogen-bond donors (Lipinski definition) is 1. The van der Waals surface area contributed by atoms with Gasteiger partial charge in [-0.05, 0) is 31.5 Å². The van der Waals surface area contributed by atoms with Gasteiger partial charge in [-0.3, -0.25) is 20.0 Å². The third-order valence-electron chi connectivity index (χ3n) is 5.77. The second kappa shape index (κ2) is 6.34. The summed E-state index contributed by atoms with van der Waals surface area (Å²) in [5.41, 5.74) is 4.40. The van der Waals surface area contributed by atoms with Gasteiger partial charge in [0.2, 0.25) is 5.96 Å². The van der Waals surface area contributed by atoms with Gasteiger partial charge in [0.05, 0.1) is 11.2 Å². The maximum atomic E-state index is 8.96. The number of rotatable bonds is 2. The minimum atomic E-state index is 0.0984. The Morgan fingerprint density at radius 1 is 1.32 bits per heavy atom. The minimum absolute atomic E-state index is 0.0984. The van der Waals surface area contributed by atoms with Crippen LogP contribution in [0.4, 0.5) is 0 Å². The number of nitrogens with zero attached hydrogens (tertiary/aromatic N) is 6. The summed E-state index contributed by atoms with van der Waals surface area (Å²) in [6.45, 7) is 5.28. The summed E-state index contributed by atoms with van der Waals surface area (Å²) in [6, 6.07) is 12.5. The van der Waals surface area contributed by atoms with E-state index in [1.807, 2.05) is 37.5 Å². The van der Waals surface area contributed by atoms with Crippen LogP contribution in [-0.4, -0.2) is 45.3 Å². The molecule has 0 unspecified atom stereocenters. The maximum absolute atomic E-state index is 8.96. The molecule has 5 rings (SSSR count). The van der Waals surface area contributed by atoms with E-state index in [0.29, 0.717) is 12.5 Å². The van der Waals surface area contributed by atoms with Gasteiger partial charge in [0, 0.05) is 54.4 Å². The van der Waals surface area contributed by atoms with E-state index in [4.69, 9.17) is 10.4 Å². The third-order valence-corrected chi connectivity index (χ3v) is 5.77. The van der Waals surface area contributed by atoms with Crippen molar-refractivity contribution in [3.8, 4) is 17.5 Å². The van der Waals surface area contributed by atoms with Crippen molar-refractivity contribution in [1.82, 2.24) is 25.0 Å². The Bertz CT molecular complexity index is 1120. The lowest BCUT2D eigenvalue weighted by Gasteiger charge is -2.48. The first-order valence-corrected chi connectivity index (χ1v) is 9.60. The average Bonchev–Trinajstić information content (AvgIpc) is 3.26. The highest BCUT2D eigenvalue weighted by atomic mass is 15.4. The largest absolute Gasteiger partial charge is 0.340 e. The Labute approximate surface area is 163 Å². The summed E-state index contributed by atoms with van der Waals surface area (Å²) in [7, 11) is 0. The standard InChI is InChI=1S/C21H21N7/c1-2-23-20(25-14-22)27-12-21(13-27)7-8-28-19(21)10-18(26-28)16-9-15-5-3-4-6-17(15)24-11-16/h3-6,9-11H,2,7-8,12-13H2,1H3,(H,23,25). The summed E-state index contributed by atoms with van der Waals surface area (Å²) < 4.78 is 2.14. The van der Waals surface area contributed by atoms with Gasteiger partial charge in [0.25, 0.3) is 0 Å². The smallest absolute Gasteiger partial charge is 0.207 e. The quantitative estimate of drug-likeness (QED) is 0.324.